The fourth-order valence-electron chi connectivity index (χ4n) is 2.40. The van der Waals surface area contributed by atoms with Crippen LogP contribution in [0.3, 0.4) is 0 Å². The van der Waals surface area contributed by atoms with Crippen molar-refractivity contribution in [3.63, 3.8) is 0 Å². The lowest BCUT2D eigenvalue weighted by molar-refractivity contribution is 0.194. The van der Waals surface area contributed by atoms with E-state index >= 15 is 0 Å². The number of hydrogen-bond donors (Lipinski definition) is 1. The predicted octanol–water partition coefficient (Wildman–Crippen LogP) is 3.13. The summed E-state index contributed by atoms with van der Waals surface area (Å²) in [7, 11) is 0. The summed E-state index contributed by atoms with van der Waals surface area (Å²) in [6.07, 6.45) is 3.62. The van der Waals surface area contributed by atoms with E-state index in [1.807, 2.05) is 5.38 Å². The number of aromatic amines is 1. The molecule has 0 saturated carbocycles. The second-order valence-corrected chi connectivity index (χ2v) is 6.63. The summed E-state index contributed by atoms with van der Waals surface area (Å²) >= 11 is 6.53. The van der Waals surface area contributed by atoms with Crippen LogP contribution in [0.25, 0.3) is 11.6 Å². The van der Waals surface area contributed by atoms with Gasteiger partial charge in [0, 0.05) is 18.3 Å². The molecule has 1 N–H and O–H groups in total. The summed E-state index contributed by atoms with van der Waals surface area (Å²) in [6, 6.07) is 0. The summed E-state index contributed by atoms with van der Waals surface area (Å²) in [5.74, 6) is 1.36. The molecule has 1 saturated heterocycles. The van der Waals surface area contributed by atoms with Crippen LogP contribution in [0.1, 0.15) is 24.8 Å². The molecule has 0 amide bonds. The van der Waals surface area contributed by atoms with E-state index < -0.39 is 0 Å². The number of hydrogen-bond acceptors (Lipinski definition) is 6. The maximum atomic E-state index is 5.27. The van der Waals surface area contributed by atoms with Crippen molar-refractivity contribution in [3.05, 3.63) is 15.2 Å². The number of rotatable bonds is 4. The van der Waals surface area contributed by atoms with Gasteiger partial charge in [0.05, 0.1) is 5.01 Å². The average Bonchev–Trinajstić information content (AvgIpc) is 3.07. The fraction of sp³-hybridized carbons (Fsp3) is 0.615. The van der Waals surface area contributed by atoms with Gasteiger partial charge in [-0.1, -0.05) is 6.92 Å². The number of aromatic nitrogens is 3. The van der Waals surface area contributed by atoms with Crippen molar-refractivity contribution in [2.75, 3.05) is 19.6 Å². The summed E-state index contributed by atoms with van der Waals surface area (Å²) < 4.78 is 5.27. The normalized spacial score (nSPS) is 17.6. The van der Waals surface area contributed by atoms with E-state index in [4.69, 9.17) is 16.6 Å². The van der Waals surface area contributed by atoms with Gasteiger partial charge in [-0.05, 0) is 44.1 Å². The number of thiazole rings is 1. The van der Waals surface area contributed by atoms with Gasteiger partial charge >= 0.3 is 0 Å². The molecule has 20 heavy (non-hydrogen) atoms. The molecule has 1 aliphatic heterocycles. The summed E-state index contributed by atoms with van der Waals surface area (Å²) in [6.45, 7) is 5.86. The van der Waals surface area contributed by atoms with Gasteiger partial charge in [0.15, 0.2) is 0 Å². The second-order valence-electron chi connectivity index (χ2n) is 5.32. The predicted molar refractivity (Wildman–Crippen MR) is 81.3 cm³/mol. The minimum Gasteiger partial charge on any atom is -0.408 e. The first-order valence-corrected chi connectivity index (χ1v) is 8.22. The zero-order chi connectivity index (χ0) is 13.9. The first-order valence-electron chi connectivity index (χ1n) is 6.93. The lowest BCUT2D eigenvalue weighted by Gasteiger charge is -2.29. The molecule has 0 radical (unpaired) electrons. The molecular weight excluding hydrogens is 292 g/mol. The zero-order valence-electron chi connectivity index (χ0n) is 11.5. The lowest BCUT2D eigenvalue weighted by atomic mass is 9.99. The third-order valence-electron chi connectivity index (χ3n) is 3.73. The number of nitrogens with zero attached hydrogens (tertiary/aromatic N) is 3. The van der Waals surface area contributed by atoms with Gasteiger partial charge in [-0.15, -0.1) is 16.4 Å². The van der Waals surface area contributed by atoms with Crippen LogP contribution in [0.2, 0.25) is 0 Å². The first kappa shape index (κ1) is 13.9. The molecule has 0 bridgehead atoms. The van der Waals surface area contributed by atoms with Crippen molar-refractivity contribution in [1.82, 2.24) is 20.1 Å². The van der Waals surface area contributed by atoms with E-state index in [1.165, 1.54) is 25.9 Å². The second kappa shape index (κ2) is 6.15. The maximum absolute atomic E-state index is 5.27. The van der Waals surface area contributed by atoms with Crippen LogP contribution in [-0.4, -0.2) is 39.7 Å². The fourth-order valence-corrected chi connectivity index (χ4v) is 3.29. The lowest BCUT2D eigenvalue weighted by Crippen LogP contribution is -2.34. The highest BCUT2D eigenvalue weighted by molar-refractivity contribution is 7.71. The molecule has 108 valence electrons. The van der Waals surface area contributed by atoms with Gasteiger partial charge in [-0.25, -0.2) is 10.1 Å². The third-order valence-corrected chi connectivity index (χ3v) is 4.81. The van der Waals surface area contributed by atoms with E-state index in [1.54, 1.807) is 11.3 Å². The Morgan fingerprint density at radius 2 is 2.30 bits per heavy atom. The summed E-state index contributed by atoms with van der Waals surface area (Å²) in [5, 5.41) is 9.72. The molecule has 7 heteroatoms. The summed E-state index contributed by atoms with van der Waals surface area (Å²) in [5.41, 5.74) is 0.768. The topological polar surface area (TPSA) is 58.0 Å². The molecule has 2 aromatic heterocycles. The number of H-pyrrole nitrogens is 1. The highest BCUT2D eigenvalue weighted by Crippen LogP contribution is 2.21. The van der Waals surface area contributed by atoms with Crippen molar-refractivity contribution in [3.8, 4) is 11.6 Å². The molecule has 0 aromatic carbocycles. The van der Waals surface area contributed by atoms with Crippen LogP contribution in [0.5, 0.6) is 0 Å². The highest BCUT2D eigenvalue weighted by atomic mass is 32.1. The number of piperidine rings is 1. The smallest absolute Gasteiger partial charge is 0.284 e. The Kier molecular flexibility index (Phi) is 4.28. The quantitative estimate of drug-likeness (QED) is 0.879. The van der Waals surface area contributed by atoms with Crippen LogP contribution >= 0.6 is 23.6 Å². The first-order chi connectivity index (χ1) is 9.70. The zero-order valence-corrected chi connectivity index (χ0v) is 13.1. The van der Waals surface area contributed by atoms with Gasteiger partial charge in [0.1, 0.15) is 5.69 Å². The minimum atomic E-state index is 0.289. The van der Waals surface area contributed by atoms with E-state index in [-0.39, 0.29) is 4.84 Å². The Morgan fingerprint density at radius 3 is 3.00 bits per heavy atom. The van der Waals surface area contributed by atoms with Crippen LogP contribution in [0, 0.1) is 10.8 Å². The van der Waals surface area contributed by atoms with Crippen molar-refractivity contribution in [2.45, 2.75) is 26.2 Å². The molecular formula is C13H18N4OS2. The van der Waals surface area contributed by atoms with Crippen molar-refractivity contribution < 1.29 is 4.42 Å². The van der Waals surface area contributed by atoms with Gasteiger partial charge < -0.3 is 9.32 Å². The van der Waals surface area contributed by atoms with Crippen LogP contribution < -0.4 is 0 Å². The van der Waals surface area contributed by atoms with Gasteiger partial charge in [-0.3, -0.25) is 0 Å². The van der Waals surface area contributed by atoms with E-state index in [2.05, 4.69) is 27.0 Å². The van der Waals surface area contributed by atoms with E-state index in [0.717, 1.165) is 29.6 Å². The molecule has 2 aromatic rings. The summed E-state index contributed by atoms with van der Waals surface area (Å²) in [4.78, 5) is 7.38. The minimum absolute atomic E-state index is 0.289. The van der Waals surface area contributed by atoms with Gasteiger partial charge in [0.2, 0.25) is 0 Å². The molecule has 1 aliphatic rings. The molecule has 5 nitrogen and oxygen atoms in total. The Hall–Kier alpha value is -1.05. The monoisotopic (exact) mass is 310 g/mol. The highest BCUT2D eigenvalue weighted by Gasteiger charge is 2.16. The Bertz CT molecular complexity index is 610. The van der Waals surface area contributed by atoms with E-state index in [0.29, 0.717) is 5.89 Å². The standard InChI is InChI=1S/C13H18N4OS2/c1-9-2-5-17(6-3-9)7-4-11-14-10(8-20-11)12-15-16-13(19)18-12/h8-9H,2-7H2,1H3,(H,16,19). The third kappa shape index (κ3) is 3.34. The van der Waals surface area contributed by atoms with Crippen molar-refractivity contribution in [2.24, 2.45) is 5.92 Å². The largest absolute Gasteiger partial charge is 0.408 e. The van der Waals surface area contributed by atoms with Crippen molar-refractivity contribution >= 4 is 23.6 Å². The van der Waals surface area contributed by atoms with Crippen molar-refractivity contribution in [1.29, 1.82) is 0 Å². The molecule has 0 aliphatic carbocycles. The van der Waals surface area contributed by atoms with Crippen LogP contribution in [0.4, 0.5) is 0 Å². The molecule has 1 fully saturated rings. The molecule has 0 atom stereocenters. The van der Waals surface area contributed by atoms with Gasteiger partial charge in [-0.2, -0.15) is 0 Å². The number of nitrogens with one attached hydrogen (secondary N) is 1. The van der Waals surface area contributed by atoms with Crippen LogP contribution in [0.15, 0.2) is 9.80 Å². The Morgan fingerprint density at radius 1 is 1.50 bits per heavy atom. The Labute approximate surface area is 127 Å². The van der Waals surface area contributed by atoms with Gasteiger partial charge in [0.25, 0.3) is 10.7 Å². The SMILES string of the molecule is CC1CCN(CCc2nc(-c3n[nH]c(=S)o3)cs2)CC1. The molecule has 3 rings (SSSR count). The molecule has 0 unspecified atom stereocenters. The number of likely N-dealkylation sites (tertiary alicyclic amines) is 1. The van der Waals surface area contributed by atoms with E-state index in [9.17, 15) is 0 Å². The van der Waals surface area contributed by atoms with Crippen LogP contribution in [-0.2, 0) is 6.42 Å². The maximum Gasteiger partial charge on any atom is 0.284 e. The molecule has 0 spiro atoms. The average molecular weight is 310 g/mol. The molecule has 3 heterocycles. The Balaban J connectivity index is 1.56.